The van der Waals surface area contributed by atoms with Crippen molar-refractivity contribution in [2.24, 2.45) is 0 Å². The van der Waals surface area contributed by atoms with E-state index in [1.54, 1.807) is 12.2 Å². The van der Waals surface area contributed by atoms with Gasteiger partial charge in [0, 0.05) is 6.61 Å². The maximum absolute atomic E-state index is 13.0. The molecular formula is C10H11ClFNO. The molecule has 76 valence electrons. The Bertz CT molecular complexity index is 352. The Morgan fingerprint density at radius 2 is 2.21 bits per heavy atom. The molecule has 0 atom stereocenters. The number of aliphatic hydroxyl groups is 1. The number of nitrogen functional groups attached to an aromatic ring is 1. The molecule has 3 N–H and O–H groups in total. The molecule has 2 nitrogen and oxygen atoms in total. The average Bonchev–Trinajstić information content (AvgIpc) is 2.14. The first-order valence-electron chi connectivity index (χ1n) is 4.17. The molecule has 1 aromatic carbocycles. The van der Waals surface area contributed by atoms with Crippen molar-refractivity contribution in [2.45, 2.75) is 6.42 Å². The average molecular weight is 216 g/mol. The number of nitrogens with two attached hydrogens (primary N) is 1. The van der Waals surface area contributed by atoms with Crippen LogP contribution in [0, 0.1) is 5.82 Å². The number of benzene rings is 1. The zero-order chi connectivity index (χ0) is 10.6. The lowest BCUT2D eigenvalue weighted by Crippen LogP contribution is -1.91. The highest BCUT2D eigenvalue weighted by molar-refractivity contribution is 6.32. The summed E-state index contributed by atoms with van der Waals surface area (Å²) in [7, 11) is 0. The SMILES string of the molecule is Nc1cc(Cl)c(C=CCCO)cc1F. The molecule has 1 aromatic rings. The van der Waals surface area contributed by atoms with Crippen LogP contribution in [0.25, 0.3) is 6.08 Å². The van der Waals surface area contributed by atoms with Crippen LogP contribution in [-0.4, -0.2) is 11.7 Å². The van der Waals surface area contributed by atoms with Gasteiger partial charge in [0.2, 0.25) is 0 Å². The van der Waals surface area contributed by atoms with E-state index in [0.717, 1.165) is 0 Å². The molecule has 0 aromatic heterocycles. The number of anilines is 1. The van der Waals surface area contributed by atoms with Crippen LogP contribution in [0.15, 0.2) is 18.2 Å². The topological polar surface area (TPSA) is 46.2 Å². The Morgan fingerprint density at radius 1 is 1.50 bits per heavy atom. The van der Waals surface area contributed by atoms with E-state index in [9.17, 15) is 4.39 Å². The van der Waals surface area contributed by atoms with Crippen LogP contribution in [0.3, 0.4) is 0 Å². The predicted molar refractivity (Wildman–Crippen MR) is 56.6 cm³/mol. The van der Waals surface area contributed by atoms with Crippen LogP contribution < -0.4 is 5.73 Å². The highest BCUT2D eigenvalue weighted by Crippen LogP contribution is 2.23. The molecule has 1 rings (SSSR count). The quantitative estimate of drug-likeness (QED) is 0.761. The Morgan fingerprint density at radius 3 is 2.86 bits per heavy atom. The number of hydrogen-bond donors (Lipinski definition) is 2. The Kier molecular flexibility index (Phi) is 3.92. The first-order valence-corrected chi connectivity index (χ1v) is 4.55. The minimum absolute atomic E-state index is 0.0364. The molecule has 0 aliphatic rings. The monoisotopic (exact) mass is 215 g/mol. The Labute approximate surface area is 86.8 Å². The molecular weight excluding hydrogens is 205 g/mol. The molecule has 0 fully saturated rings. The third-order valence-electron chi connectivity index (χ3n) is 1.71. The summed E-state index contributed by atoms with van der Waals surface area (Å²) in [4.78, 5) is 0. The molecule has 0 aliphatic heterocycles. The zero-order valence-corrected chi connectivity index (χ0v) is 8.26. The second-order valence-corrected chi connectivity index (χ2v) is 3.22. The lowest BCUT2D eigenvalue weighted by atomic mass is 10.1. The summed E-state index contributed by atoms with van der Waals surface area (Å²) in [5.41, 5.74) is 5.92. The van der Waals surface area contributed by atoms with Crippen molar-refractivity contribution in [3.8, 4) is 0 Å². The van der Waals surface area contributed by atoms with Crippen molar-refractivity contribution in [3.63, 3.8) is 0 Å². The minimum atomic E-state index is -0.488. The number of halogens is 2. The normalized spacial score (nSPS) is 11.1. The molecule has 0 radical (unpaired) electrons. The van der Waals surface area contributed by atoms with Crippen LogP contribution in [0.4, 0.5) is 10.1 Å². The van der Waals surface area contributed by atoms with E-state index in [-0.39, 0.29) is 12.3 Å². The standard InChI is InChI=1S/C10H11ClFNO/c11-8-6-10(13)9(12)5-7(8)3-1-2-4-14/h1,3,5-6,14H,2,4,13H2. The second-order valence-electron chi connectivity index (χ2n) is 2.81. The molecule has 14 heavy (non-hydrogen) atoms. The molecule has 4 heteroatoms. The largest absolute Gasteiger partial charge is 0.396 e. The van der Waals surface area contributed by atoms with Gasteiger partial charge < -0.3 is 10.8 Å². The third-order valence-corrected chi connectivity index (χ3v) is 2.04. The van der Waals surface area contributed by atoms with Gasteiger partial charge in [0.1, 0.15) is 5.82 Å². The fraction of sp³-hybridized carbons (Fsp3) is 0.200. The third kappa shape index (κ3) is 2.72. The van der Waals surface area contributed by atoms with Gasteiger partial charge in [0.25, 0.3) is 0 Å². The van der Waals surface area contributed by atoms with Gasteiger partial charge in [0.05, 0.1) is 10.7 Å². The highest BCUT2D eigenvalue weighted by Gasteiger charge is 2.03. The van der Waals surface area contributed by atoms with Crippen LogP contribution in [0.1, 0.15) is 12.0 Å². The van der Waals surface area contributed by atoms with Gasteiger partial charge in [-0.1, -0.05) is 23.8 Å². The van der Waals surface area contributed by atoms with Crippen LogP contribution >= 0.6 is 11.6 Å². The summed E-state index contributed by atoms with van der Waals surface area (Å²) in [6, 6.07) is 2.64. The van der Waals surface area contributed by atoms with E-state index in [4.69, 9.17) is 22.4 Å². The van der Waals surface area contributed by atoms with Gasteiger partial charge in [-0.15, -0.1) is 0 Å². The van der Waals surface area contributed by atoms with Gasteiger partial charge in [-0.05, 0) is 24.1 Å². The lowest BCUT2D eigenvalue weighted by Gasteiger charge is -2.01. The van der Waals surface area contributed by atoms with E-state index in [1.165, 1.54) is 12.1 Å². The van der Waals surface area contributed by atoms with E-state index in [2.05, 4.69) is 0 Å². The summed E-state index contributed by atoms with van der Waals surface area (Å²) in [6.07, 6.45) is 3.89. The fourth-order valence-electron chi connectivity index (χ4n) is 0.990. The summed E-state index contributed by atoms with van der Waals surface area (Å²) in [5, 5.41) is 8.93. The summed E-state index contributed by atoms with van der Waals surface area (Å²) in [5.74, 6) is -0.488. The molecule has 0 spiro atoms. The highest BCUT2D eigenvalue weighted by atomic mass is 35.5. The first-order chi connectivity index (χ1) is 6.65. The van der Waals surface area contributed by atoms with Crippen molar-refractivity contribution in [3.05, 3.63) is 34.6 Å². The molecule has 0 amide bonds. The Hall–Kier alpha value is -1.06. The van der Waals surface area contributed by atoms with E-state index < -0.39 is 5.82 Å². The maximum atomic E-state index is 13.0. The first kappa shape index (κ1) is 11.0. The number of hydrogen-bond acceptors (Lipinski definition) is 2. The van der Waals surface area contributed by atoms with E-state index in [0.29, 0.717) is 17.0 Å². The fourth-order valence-corrected chi connectivity index (χ4v) is 1.23. The van der Waals surface area contributed by atoms with Crippen LogP contribution in [0.2, 0.25) is 5.02 Å². The molecule has 0 saturated heterocycles. The van der Waals surface area contributed by atoms with E-state index >= 15 is 0 Å². The zero-order valence-electron chi connectivity index (χ0n) is 7.50. The maximum Gasteiger partial charge on any atom is 0.146 e. The van der Waals surface area contributed by atoms with Gasteiger partial charge in [-0.3, -0.25) is 0 Å². The van der Waals surface area contributed by atoms with Gasteiger partial charge >= 0.3 is 0 Å². The molecule has 0 saturated carbocycles. The summed E-state index contributed by atoms with van der Waals surface area (Å²) >= 11 is 5.82. The van der Waals surface area contributed by atoms with Gasteiger partial charge in [-0.25, -0.2) is 4.39 Å². The van der Waals surface area contributed by atoms with Gasteiger partial charge in [-0.2, -0.15) is 0 Å². The van der Waals surface area contributed by atoms with Crippen molar-refractivity contribution >= 4 is 23.4 Å². The molecule has 0 unspecified atom stereocenters. The van der Waals surface area contributed by atoms with E-state index in [1.807, 2.05) is 0 Å². The number of rotatable bonds is 3. The van der Waals surface area contributed by atoms with Gasteiger partial charge in [0.15, 0.2) is 0 Å². The Balaban J connectivity index is 2.92. The summed E-state index contributed by atoms with van der Waals surface area (Å²) in [6.45, 7) is 0.0611. The van der Waals surface area contributed by atoms with Crippen molar-refractivity contribution < 1.29 is 9.50 Å². The van der Waals surface area contributed by atoms with Crippen molar-refractivity contribution in [1.29, 1.82) is 0 Å². The van der Waals surface area contributed by atoms with Crippen LogP contribution in [-0.2, 0) is 0 Å². The molecule has 0 aliphatic carbocycles. The smallest absolute Gasteiger partial charge is 0.146 e. The predicted octanol–water partition coefficient (Wildman–Crippen LogP) is 2.46. The second kappa shape index (κ2) is 4.98. The summed E-state index contributed by atoms with van der Waals surface area (Å²) < 4.78 is 13.0. The van der Waals surface area contributed by atoms with Crippen molar-refractivity contribution in [1.82, 2.24) is 0 Å². The van der Waals surface area contributed by atoms with Crippen LogP contribution in [0.5, 0.6) is 0 Å². The molecule has 0 bridgehead atoms. The minimum Gasteiger partial charge on any atom is -0.396 e. The number of aliphatic hydroxyl groups excluding tert-OH is 1. The lowest BCUT2D eigenvalue weighted by molar-refractivity contribution is 0.303. The van der Waals surface area contributed by atoms with Crippen molar-refractivity contribution in [2.75, 3.05) is 12.3 Å². The molecule has 0 heterocycles.